The van der Waals surface area contributed by atoms with Crippen LogP contribution < -0.4 is 21.3 Å². The molecule has 0 aliphatic heterocycles. The molecular weight excluding hydrogens is 494 g/mol. The molecule has 4 N–H and O–H groups in total. The predicted octanol–water partition coefficient (Wildman–Crippen LogP) is 3.59. The van der Waals surface area contributed by atoms with Crippen molar-refractivity contribution in [1.29, 1.82) is 0 Å². The highest BCUT2D eigenvalue weighted by Gasteiger charge is 2.13. The average Bonchev–Trinajstić information content (AvgIpc) is 3.06. The number of nitrogens with one attached hydrogen (secondary N) is 2. The van der Waals surface area contributed by atoms with Gasteiger partial charge in [0.05, 0.1) is 24.8 Å². The molecule has 0 spiro atoms. The van der Waals surface area contributed by atoms with Crippen LogP contribution in [0.5, 0.6) is 5.75 Å². The van der Waals surface area contributed by atoms with Crippen LogP contribution >= 0.6 is 39.3 Å². The molecule has 0 fully saturated rings. The first-order valence-corrected chi connectivity index (χ1v) is 10.6. The fraction of sp³-hybridized carbons (Fsp3) is 0.111. The number of benzene rings is 2. The summed E-state index contributed by atoms with van der Waals surface area (Å²) in [5.74, 6) is 6.50. The number of amides is 1. The third-order valence-corrected chi connectivity index (χ3v) is 5.33. The largest absolute Gasteiger partial charge is 0.495 e. The van der Waals surface area contributed by atoms with Crippen LogP contribution in [-0.4, -0.2) is 39.9 Å². The summed E-state index contributed by atoms with van der Waals surface area (Å²) in [5, 5.41) is 15.6. The second kappa shape index (κ2) is 10.3. The number of carbonyl (C=O) groups is 1. The molecule has 0 bridgehead atoms. The summed E-state index contributed by atoms with van der Waals surface area (Å²) < 4.78 is 7.38. The Kier molecular flexibility index (Phi) is 7.55. The molecule has 3 aromatic rings. The second-order valence-electron chi connectivity index (χ2n) is 5.78. The molecule has 0 unspecified atom stereocenters. The van der Waals surface area contributed by atoms with Gasteiger partial charge in [0.1, 0.15) is 5.75 Å². The normalized spacial score (nSPS) is 10.9. The van der Waals surface area contributed by atoms with Gasteiger partial charge in [-0.05, 0) is 35.9 Å². The van der Waals surface area contributed by atoms with E-state index < -0.39 is 0 Å². The van der Waals surface area contributed by atoms with E-state index in [0.717, 1.165) is 21.8 Å². The second-order valence-corrected chi connectivity index (χ2v) is 8.08. The van der Waals surface area contributed by atoms with E-state index in [1.807, 2.05) is 24.3 Å². The number of aromatic nitrogens is 3. The zero-order valence-corrected chi connectivity index (χ0v) is 18.8. The topological polar surface area (TPSA) is 119 Å². The molecule has 0 aliphatic carbocycles. The minimum Gasteiger partial charge on any atom is -0.495 e. The van der Waals surface area contributed by atoms with Crippen molar-refractivity contribution in [2.75, 3.05) is 29.4 Å². The van der Waals surface area contributed by atoms with Crippen LogP contribution in [0.4, 0.5) is 11.6 Å². The molecule has 1 amide bonds. The number of nitrogen functional groups attached to an aromatic ring is 1. The van der Waals surface area contributed by atoms with Gasteiger partial charge in [-0.1, -0.05) is 51.4 Å². The molecule has 30 heavy (non-hydrogen) atoms. The fourth-order valence-corrected chi connectivity index (χ4v) is 3.54. The molecule has 0 saturated heterocycles. The van der Waals surface area contributed by atoms with Crippen LogP contribution in [0.1, 0.15) is 5.56 Å². The highest BCUT2D eigenvalue weighted by Crippen LogP contribution is 2.28. The Morgan fingerprint density at radius 2 is 2.20 bits per heavy atom. The number of halogens is 2. The summed E-state index contributed by atoms with van der Waals surface area (Å²) in [6.07, 6.45) is 1.62. The standard InChI is InChI=1S/C18H17BrClN7O2S/c1-29-15-6-5-13(20)8-14(15)23-16(28)10-30-18-26-25-17(27(18)21)24-22-9-11-3-2-4-12(19)7-11/h2-9H,10,21H2,1H3,(H,23,28)(H,24,25)/b22-9+. The molecule has 1 aromatic heterocycles. The van der Waals surface area contributed by atoms with E-state index in [9.17, 15) is 4.79 Å². The number of methoxy groups -OCH3 is 1. The summed E-state index contributed by atoms with van der Waals surface area (Å²) in [5.41, 5.74) is 4.10. The van der Waals surface area contributed by atoms with Crippen LogP contribution in [0.3, 0.4) is 0 Å². The van der Waals surface area contributed by atoms with Crippen molar-refractivity contribution < 1.29 is 9.53 Å². The third kappa shape index (κ3) is 5.88. The van der Waals surface area contributed by atoms with Crippen molar-refractivity contribution in [3.05, 3.63) is 57.5 Å². The summed E-state index contributed by atoms with van der Waals surface area (Å²) in [6, 6.07) is 12.6. The number of hydrazone groups is 1. The molecule has 0 atom stereocenters. The van der Waals surface area contributed by atoms with Crippen molar-refractivity contribution in [2.24, 2.45) is 5.10 Å². The first kappa shape index (κ1) is 21.9. The Labute approximate surface area is 190 Å². The molecular formula is C18H17BrClN7O2S. The Morgan fingerprint density at radius 3 is 2.97 bits per heavy atom. The lowest BCUT2D eigenvalue weighted by Crippen LogP contribution is -2.17. The van der Waals surface area contributed by atoms with Gasteiger partial charge >= 0.3 is 0 Å². The number of hydrogen-bond acceptors (Lipinski definition) is 8. The van der Waals surface area contributed by atoms with E-state index in [-0.39, 0.29) is 17.6 Å². The fourth-order valence-electron chi connectivity index (χ4n) is 2.30. The maximum absolute atomic E-state index is 12.3. The first-order valence-electron chi connectivity index (χ1n) is 8.47. The summed E-state index contributed by atoms with van der Waals surface area (Å²) in [4.78, 5) is 12.3. The van der Waals surface area contributed by atoms with Gasteiger partial charge in [-0.3, -0.25) is 4.79 Å². The van der Waals surface area contributed by atoms with Gasteiger partial charge in [0.25, 0.3) is 5.95 Å². The van der Waals surface area contributed by atoms with Crippen LogP contribution in [0.15, 0.2) is 57.2 Å². The molecule has 9 nitrogen and oxygen atoms in total. The Balaban J connectivity index is 1.56. The minimum absolute atomic E-state index is 0.0618. The highest BCUT2D eigenvalue weighted by atomic mass is 79.9. The lowest BCUT2D eigenvalue weighted by atomic mass is 10.2. The van der Waals surface area contributed by atoms with E-state index >= 15 is 0 Å². The minimum atomic E-state index is -0.272. The number of nitrogens with zero attached hydrogens (tertiary/aromatic N) is 4. The summed E-state index contributed by atoms with van der Waals surface area (Å²) in [6.45, 7) is 0. The van der Waals surface area contributed by atoms with Crippen LogP contribution in [-0.2, 0) is 4.79 Å². The zero-order valence-electron chi connectivity index (χ0n) is 15.7. The van der Waals surface area contributed by atoms with Gasteiger partial charge in [0.2, 0.25) is 11.1 Å². The van der Waals surface area contributed by atoms with Gasteiger partial charge in [-0.2, -0.15) is 5.10 Å². The average molecular weight is 511 g/mol. The van der Waals surface area contributed by atoms with Gasteiger partial charge in [-0.15, -0.1) is 10.2 Å². The van der Waals surface area contributed by atoms with E-state index in [4.69, 9.17) is 22.2 Å². The predicted molar refractivity (Wildman–Crippen MR) is 123 cm³/mol. The summed E-state index contributed by atoms with van der Waals surface area (Å²) in [7, 11) is 1.51. The number of nitrogens with two attached hydrogens (primary N) is 1. The van der Waals surface area contributed by atoms with Gasteiger partial charge in [-0.25, -0.2) is 10.1 Å². The van der Waals surface area contributed by atoms with E-state index in [0.29, 0.717) is 21.6 Å². The molecule has 156 valence electrons. The molecule has 1 heterocycles. The molecule has 0 radical (unpaired) electrons. The molecule has 0 saturated carbocycles. The summed E-state index contributed by atoms with van der Waals surface area (Å²) >= 11 is 10.5. The number of ether oxygens (including phenoxy) is 1. The number of anilines is 2. The van der Waals surface area contributed by atoms with Gasteiger partial charge in [0.15, 0.2) is 0 Å². The van der Waals surface area contributed by atoms with Crippen LogP contribution in [0.2, 0.25) is 5.02 Å². The van der Waals surface area contributed by atoms with Crippen molar-refractivity contribution in [1.82, 2.24) is 14.9 Å². The lowest BCUT2D eigenvalue weighted by molar-refractivity contribution is -0.113. The molecule has 0 aliphatic rings. The SMILES string of the molecule is COc1ccc(Cl)cc1NC(=O)CSc1nnc(N/N=C/c2cccc(Br)c2)n1N. The highest BCUT2D eigenvalue weighted by molar-refractivity contribution is 9.10. The zero-order chi connectivity index (χ0) is 21.5. The van der Waals surface area contributed by atoms with Crippen LogP contribution in [0, 0.1) is 0 Å². The third-order valence-electron chi connectivity index (χ3n) is 3.66. The Morgan fingerprint density at radius 1 is 1.37 bits per heavy atom. The number of rotatable bonds is 8. The number of hydrogen-bond donors (Lipinski definition) is 3. The molecule has 12 heteroatoms. The van der Waals surface area contributed by atoms with Gasteiger partial charge < -0.3 is 15.9 Å². The monoisotopic (exact) mass is 509 g/mol. The maximum Gasteiger partial charge on any atom is 0.264 e. The van der Waals surface area contributed by atoms with Gasteiger partial charge in [0, 0.05) is 9.50 Å². The van der Waals surface area contributed by atoms with E-state index in [2.05, 4.69) is 42.0 Å². The first-order chi connectivity index (χ1) is 14.5. The lowest BCUT2D eigenvalue weighted by Gasteiger charge is -2.10. The van der Waals surface area contributed by atoms with Crippen molar-refractivity contribution in [2.45, 2.75) is 5.16 Å². The number of thioether (sulfide) groups is 1. The maximum atomic E-state index is 12.3. The van der Waals surface area contributed by atoms with Crippen molar-refractivity contribution >= 4 is 63.1 Å². The molecule has 3 rings (SSSR count). The quantitative estimate of drug-likeness (QED) is 0.183. The Bertz CT molecular complexity index is 1080. The number of carbonyl (C=O) groups excluding carboxylic acids is 1. The Hall–Kier alpha value is -2.76. The molecule has 2 aromatic carbocycles. The van der Waals surface area contributed by atoms with E-state index in [1.54, 1.807) is 24.4 Å². The smallest absolute Gasteiger partial charge is 0.264 e. The van der Waals surface area contributed by atoms with Crippen molar-refractivity contribution in [3.8, 4) is 5.75 Å². The van der Waals surface area contributed by atoms with Crippen molar-refractivity contribution in [3.63, 3.8) is 0 Å². The van der Waals surface area contributed by atoms with Crippen LogP contribution in [0.25, 0.3) is 0 Å². The van der Waals surface area contributed by atoms with E-state index in [1.165, 1.54) is 11.8 Å².